The second-order valence-corrected chi connectivity index (χ2v) is 6.02. The third-order valence-corrected chi connectivity index (χ3v) is 3.16. The maximum atomic E-state index is 11.1. The van der Waals surface area contributed by atoms with Crippen molar-refractivity contribution in [1.82, 2.24) is 4.90 Å². The molecule has 0 spiro atoms. The number of aliphatic hydroxyl groups is 1. The van der Waals surface area contributed by atoms with E-state index in [2.05, 4.69) is 0 Å². The lowest BCUT2D eigenvalue weighted by molar-refractivity contribution is -0.120. The van der Waals surface area contributed by atoms with Crippen molar-refractivity contribution in [2.24, 2.45) is 5.73 Å². The average Bonchev–Trinajstić information content (AvgIpc) is 2.26. The fraction of sp³-hybridized carbons (Fsp3) is 0.500. The van der Waals surface area contributed by atoms with E-state index in [4.69, 9.17) is 17.3 Å². The molecule has 4 nitrogen and oxygen atoms in total. The Labute approximate surface area is 119 Å². The zero-order valence-corrected chi connectivity index (χ0v) is 12.3. The highest BCUT2D eigenvalue weighted by Gasteiger charge is 2.25. The molecule has 0 saturated carbocycles. The van der Waals surface area contributed by atoms with E-state index >= 15 is 0 Å². The molecule has 1 unspecified atom stereocenters. The SMILES string of the molecule is CC(C)(C)N(CC(N)=O)CC(O)c1cccc(Cl)c1. The van der Waals surface area contributed by atoms with E-state index in [1.165, 1.54) is 0 Å². The highest BCUT2D eigenvalue weighted by molar-refractivity contribution is 6.30. The first-order chi connectivity index (χ1) is 8.70. The molecule has 0 aromatic heterocycles. The van der Waals surface area contributed by atoms with Gasteiger partial charge in [-0.2, -0.15) is 0 Å². The van der Waals surface area contributed by atoms with Crippen molar-refractivity contribution < 1.29 is 9.90 Å². The van der Waals surface area contributed by atoms with Gasteiger partial charge in [-0.3, -0.25) is 9.69 Å². The molecule has 0 aliphatic heterocycles. The lowest BCUT2D eigenvalue weighted by atomic mass is 10.0. The summed E-state index contributed by atoms with van der Waals surface area (Å²) in [6.07, 6.45) is -0.711. The van der Waals surface area contributed by atoms with Crippen LogP contribution in [-0.4, -0.2) is 34.5 Å². The molecule has 0 heterocycles. The van der Waals surface area contributed by atoms with Gasteiger partial charge < -0.3 is 10.8 Å². The van der Waals surface area contributed by atoms with Gasteiger partial charge in [0.15, 0.2) is 0 Å². The zero-order valence-electron chi connectivity index (χ0n) is 11.6. The Hall–Kier alpha value is -1.10. The fourth-order valence-corrected chi connectivity index (χ4v) is 1.99. The number of carbonyl (C=O) groups excluding carboxylic acids is 1. The summed E-state index contributed by atoms with van der Waals surface area (Å²) in [4.78, 5) is 13.0. The van der Waals surface area contributed by atoms with Crippen LogP contribution in [0.4, 0.5) is 0 Å². The molecule has 1 amide bonds. The summed E-state index contributed by atoms with van der Waals surface area (Å²) in [5.41, 5.74) is 5.72. The molecular weight excluding hydrogens is 264 g/mol. The quantitative estimate of drug-likeness (QED) is 0.869. The van der Waals surface area contributed by atoms with Crippen LogP contribution < -0.4 is 5.73 Å². The van der Waals surface area contributed by atoms with E-state index in [0.29, 0.717) is 11.6 Å². The average molecular weight is 285 g/mol. The summed E-state index contributed by atoms with van der Waals surface area (Å²) < 4.78 is 0. The van der Waals surface area contributed by atoms with Crippen molar-refractivity contribution in [3.63, 3.8) is 0 Å². The summed E-state index contributed by atoms with van der Waals surface area (Å²) in [6.45, 7) is 6.36. The Bertz CT molecular complexity index is 443. The molecule has 1 aromatic rings. The van der Waals surface area contributed by atoms with Crippen molar-refractivity contribution in [1.29, 1.82) is 0 Å². The van der Waals surface area contributed by atoms with Crippen LogP contribution >= 0.6 is 11.6 Å². The number of hydrogen-bond acceptors (Lipinski definition) is 3. The number of carbonyl (C=O) groups is 1. The Balaban J connectivity index is 2.81. The van der Waals surface area contributed by atoms with Crippen molar-refractivity contribution in [2.75, 3.05) is 13.1 Å². The topological polar surface area (TPSA) is 66.6 Å². The third kappa shape index (κ3) is 5.19. The Morgan fingerprint density at radius 2 is 2.11 bits per heavy atom. The Kier molecular flexibility index (Phi) is 5.35. The van der Waals surface area contributed by atoms with Gasteiger partial charge in [0.05, 0.1) is 12.6 Å². The van der Waals surface area contributed by atoms with Crippen molar-refractivity contribution in [3.05, 3.63) is 34.9 Å². The predicted molar refractivity (Wildman–Crippen MR) is 76.9 cm³/mol. The van der Waals surface area contributed by atoms with Crippen LogP contribution in [0.2, 0.25) is 5.02 Å². The number of nitrogens with zero attached hydrogens (tertiary/aromatic N) is 1. The van der Waals surface area contributed by atoms with E-state index in [0.717, 1.165) is 5.56 Å². The standard InChI is InChI=1S/C14H21ClN2O2/c1-14(2,3)17(9-13(16)19)8-12(18)10-5-4-6-11(15)7-10/h4-7,12,18H,8-9H2,1-3H3,(H2,16,19). The van der Waals surface area contributed by atoms with Gasteiger partial charge in [0.1, 0.15) is 0 Å². The molecule has 5 heteroatoms. The highest BCUT2D eigenvalue weighted by Crippen LogP contribution is 2.22. The first-order valence-electron chi connectivity index (χ1n) is 6.17. The molecule has 0 bridgehead atoms. The van der Waals surface area contributed by atoms with E-state index in [1.54, 1.807) is 18.2 Å². The molecule has 0 aliphatic rings. The van der Waals surface area contributed by atoms with E-state index in [-0.39, 0.29) is 12.1 Å². The number of primary amides is 1. The van der Waals surface area contributed by atoms with E-state index < -0.39 is 12.0 Å². The summed E-state index contributed by atoms with van der Waals surface area (Å²) in [7, 11) is 0. The Morgan fingerprint density at radius 1 is 1.47 bits per heavy atom. The maximum Gasteiger partial charge on any atom is 0.231 e. The number of hydrogen-bond donors (Lipinski definition) is 2. The largest absolute Gasteiger partial charge is 0.387 e. The summed E-state index contributed by atoms with van der Waals surface area (Å²) in [6, 6.07) is 7.07. The van der Waals surface area contributed by atoms with Crippen LogP contribution in [0.1, 0.15) is 32.4 Å². The molecule has 19 heavy (non-hydrogen) atoms. The molecule has 0 saturated heterocycles. The van der Waals surface area contributed by atoms with Gasteiger partial charge in [-0.15, -0.1) is 0 Å². The molecule has 3 N–H and O–H groups in total. The lowest BCUT2D eigenvalue weighted by Crippen LogP contribution is -2.47. The van der Waals surface area contributed by atoms with Crippen LogP contribution in [0.15, 0.2) is 24.3 Å². The molecule has 1 rings (SSSR count). The van der Waals surface area contributed by atoms with Crippen LogP contribution in [-0.2, 0) is 4.79 Å². The zero-order chi connectivity index (χ0) is 14.6. The number of benzene rings is 1. The highest BCUT2D eigenvalue weighted by atomic mass is 35.5. The molecule has 0 radical (unpaired) electrons. The third-order valence-electron chi connectivity index (χ3n) is 2.92. The fourth-order valence-electron chi connectivity index (χ4n) is 1.79. The van der Waals surface area contributed by atoms with Crippen LogP contribution in [0, 0.1) is 0 Å². The molecule has 0 fully saturated rings. The number of β-amino-alcohol motifs (C(OH)–C–C–N with tert-alkyl or cyclic N) is 1. The molecule has 1 atom stereocenters. The number of halogens is 1. The van der Waals surface area contributed by atoms with Crippen molar-refractivity contribution in [3.8, 4) is 0 Å². The van der Waals surface area contributed by atoms with E-state index in [9.17, 15) is 9.90 Å². The minimum absolute atomic E-state index is 0.112. The first-order valence-corrected chi connectivity index (χ1v) is 6.55. The predicted octanol–water partition coefficient (Wildman–Crippen LogP) is 1.96. The summed E-state index contributed by atoms with van der Waals surface area (Å²) in [5, 5.41) is 10.8. The summed E-state index contributed by atoms with van der Waals surface area (Å²) in [5.74, 6) is -0.409. The second-order valence-electron chi connectivity index (χ2n) is 5.59. The van der Waals surface area contributed by atoms with Gasteiger partial charge in [0.25, 0.3) is 0 Å². The maximum absolute atomic E-state index is 11.1. The minimum atomic E-state index is -0.711. The number of amides is 1. The number of aliphatic hydroxyl groups excluding tert-OH is 1. The number of rotatable bonds is 5. The first kappa shape index (κ1) is 16.0. The van der Waals surface area contributed by atoms with Gasteiger partial charge in [-0.1, -0.05) is 23.7 Å². The minimum Gasteiger partial charge on any atom is -0.387 e. The molecule has 0 aliphatic carbocycles. The van der Waals surface area contributed by atoms with Gasteiger partial charge in [0, 0.05) is 17.1 Å². The van der Waals surface area contributed by atoms with Crippen molar-refractivity contribution in [2.45, 2.75) is 32.4 Å². The monoisotopic (exact) mass is 284 g/mol. The number of nitrogens with two attached hydrogens (primary N) is 1. The second kappa shape index (κ2) is 6.37. The molecule has 1 aromatic carbocycles. The van der Waals surface area contributed by atoms with Crippen LogP contribution in [0.3, 0.4) is 0 Å². The normalized spacial score (nSPS) is 13.6. The van der Waals surface area contributed by atoms with E-state index in [1.807, 2.05) is 31.7 Å². The van der Waals surface area contributed by atoms with Crippen LogP contribution in [0.5, 0.6) is 0 Å². The lowest BCUT2D eigenvalue weighted by Gasteiger charge is -2.36. The van der Waals surface area contributed by atoms with Crippen LogP contribution in [0.25, 0.3) is 0 Å². The molecule has 106 valence electrons. The van der Waals surface area contributed by atoms with Gasteiger partial charge in [-0.25, -0.2) is 0 Å². The summed E-state index contributed by atoms with van der Waals surface area (Å²) >= 11 is 5.90. The smallest absolute Gasteiger partial charge is 0.231 e. The van der Waals surface area contributed by atoms with Gasteiger partial charge in [0.2, 0.25) is 5.91 Å². The molecular formula is C14H21ClN2O2. The van der Waals surface area contributed by atoms with Gasteiger partial charge >= 0.3 is 0 Å². The van der Waals surface area contributed by atoms with Crippen molar-refractivity contribution >= 4 is 17.5 Å². The van der Waals surface area contributed by atoms with Gasteiger partial charge in [-0.05, 0) is 38.5 Å². The Morgan fingerprint density at radius 3 is 2.58 bits per heavy atom.